The first-order chi connectivity index (χ1) is 6.39. The van der Waals surface area contributed by atoms with Gasteiger partial charge in [0.2, 0.25) is 0 Å². The van der Waals surface area contributed by atoms with Crippen LogP contribution in [0.5, 0.6) is 0 Å². The molecule has 0 N–H and O–H groups in total. The van der Waals surface area contributed by atoms with Gasteiger partial charge in [-0.15, -0.1) is 0 Å². The molecule has 3 nitrogen and oxygen atoms in total. The highest BCUT2D eigenvalue weighted by molar-refractivity contribution is 6.45. The van der Waals surface area contributed by atoms with E-state index in [1.54, 1.807) is 0 Å². The molecule has 1 heterocycles. The predicted octanol–water partition coefficient (Wildman–Crippen LogP) is 2.06. The molecule has 1 aliphatic rings. The highest BCUT2D eigenvalue weighted by Gasteiger charge is 2.50. The van der Waals surface area contributed by atoms with E-state index in [2.05, 4.69) is 0 Å². The molecule has 0 aromatic carbocycles. The molecule has 4 heteroatoms. The summed E-state index contributed by atoms with van der Waals surface area (Å²) in [5.74, 6) is 0. The van der Waals surface area contributed by atoms with Gasteiger partial charge in [-0.25, -0.2) is 0 Å². The maximum absolute atomic E-state index is 10.2. The molecule has 0 aromatic rings. The van der Waals surface area contributed by atoms with Gasteiger partial charge in [-0.3, -0.25) is 0 Å². The zero-order chi connectivity index (χ0) is 10.8. The van der Waals surface area contributed by atoms with Gasteiger partial charge in [0, 0.05) is 6.42 Å². The minimum absolute atomic E-state index is 0.153. The fourth-order valence-electron chi connectivity index (χ4n) is 1.45. The van der Waals surface area contributed by atoms with Crippen LogP contribution in [0, 0.1) is 0 Å². The smallest absolute Gasteiger partial charge is 0.403 e. The number of carbonyl (C=O) groups is 1. The van der Waals surface area contributed by atoms with E-state index in [-0.39, 0.29) is 18.3 Å². The molecule has 1 saturated heterocycles. The van der Waals surface area contributed by atoms with Gasteiger partial charge in [-0.1, -0.05) is 0 Å². The zero-order valence-electron chi connectivity index (χ0n) is 9.50. The molecule has 0 saturated carbocycles. The molecule has 0 amide bonds. The van der Waals surface area contributed by atoms with Crippen molar-refractivity contribution in [1.82, 2.24) is 0 Å². The molecule has 0 spiro atoms. The molecule has 0 bridgehead atoms. The van der Waals surface area contributed by atoms with Crippen LogP contribution in [0.25, 0.3) is 0 Å². The summed E-state index contributed by atoms with van der Waals surface area (Å²) < 4.78 is 11.5. The second kappa shape index (κ2) is 4.03. The van der Waals surface area contributed by atoms with Crippen molar-refractivity contribution in [1.29, 1.82) is 0 Å². The molecular weight excluding hydrogens is 179 g/mol. The first-order valence-corrected chi connectivity index (χ1v) is 5.18. The van der Waals surface area contributed by atoms with Gasteiger partial charge < -0.3 is 14.1 Å². The number of rotatable bonds is 4. The third kappa shape index (κ3) is 2.36. The van der Waals surface area contributed by atoms with E-state index in [0.717, 1.165) is 19.0 Å². The van der Waals surface area contributed by atoms with Crippen LogP contribution in [0.3, 0.4) is 0 Å². The maximum Gasteiger partial charge on any atom is 0.457 e. The van der Waals surface area contributed by atoms with Crippen LogP contribution in [-0.2, 0) is 14.1 Å². The van der Waals surface area contributed by atoms with Crippen LogP contribution in [0.4, 0.5) is 0 Å². The van der Waals surface area contributed by atoms with Crippen LogP contribution in [0.2, 0.25) is 6.32 Å². The van der Waals surface area contributed by atoms with Crippen molar-refractivity contribution in [3.8, 4) is 0 Å². The third-order valence-electron chi connectivity index (χ3n) is 3.06. The Hall–Kier alpha value is -0.345. The van der Waals surface area contributed by atoms with Crippen LogP contribution in [0.15, 0.2) is 0 Å². The molecular formula is C10H19BO3. The fraction of sp³-hybridized carbons (Fsp3) is 0.900. The topological polar surface area (TPSA) is 35.5 Å². The molecule has 0 aliphatic carbocycles. The lowest BCUT2D eigenvalue weighted by atomic mass is 9.82. The highest BCUT2D eigenvalue weighted by atomic mass is 16.7. The van der Waals surface area contributed by atoms with Crippen LogP contribution < -0.4 is 0 Å². The van der Waals surface area contributed by atoms with E-state index in [0.29, 0.717) is 6.42 Å². The Morgan fingerprint density at radius 2 is 1.64 bits per heavy atom. The summed E-state index contributed by atoms with van der Waals surface area (Å²) in [6.45, 7) is 8.14. The minimum Gasteiger partial charge on any atom is -0.403 e. The summed E-state index contributed by atoms with van der Waals surface area (Å²) in [4.78, 5) is 10.2. The van der Waals surface area contributed by atoms with E-state index in [1.165, 1.54) is 0 Å². The quantitative estimate of drug-likeness (QED) is 0.394. The van der Waals surface area contributed by atoms with E-state index in [4.69, 9.17) is 9.31 Å². The van der Waals surface area contributed by atoms with Gasteiger partial charge >= 0.3 is 7.12 Å². The Labute approximate surface area is 86.3 Å². The average molecular weight is 198 g/mol. The summed E-state index contributed by atoms with van der Waals surface area (Å²) in [5.41, 5.74) is -0.502. The maximum atomic E-state index is 10.2. The third-order valence-corrected chi connectivity index (χ3v) is 3.06. The SMILES string of the molecule is CC1(C)OB(CCCC=O)OC1(C)C. The molecule has 0 radical (unpaired) electrons. The molecule has 0 unspecified atom stereocenters. The molecule has 1 fully saturated rings. The van der Waals surface area contributed by atoms with Crippen molar-refractivity contribution < 1.29 is 14.1 Å². The van der Waals surface area contributed by atoms with Crippen molar-refractivity contribution in [2.75, 3.05) is 0 Å². The highest BCUT2D eigenvalue weighted by Crippen LogP contribution is 2.37. The number of aldehydes is 1. The van der Waals surface area contributed by atoms with Crippen molar-refractivity contribution in [2.45, 2.75) is 58.1 Å². The Morgan fingerprint density at radius 3 is 2.07 bits per heavy atom. The monoisotopic (exact) mass is 198 g/mol. The van der Waals surface area contributed by atoms with Gasteiger partial charge in [-0.05, 0) is 40.4 Å². The molecule has 14 heavy (non-hydrogen) atoms. The number of carbonyl (C=O) groups excluding carboxylic acids is 1. The summed E-state index contributed by atoms with van der Waals surface area (Å²) in [5, 5.41) is 0. The van der Waals surface area contributed by atoms with E-state index in [1.807, 2.05) is 27.7 Å². The van der Waals surface area contributed by atoms with E-state index >= 15 is 0 Å². The van der Waals surface area contributed by atoms with Gasteiger partial charge in [0.05, 0.1) is 11.2 Å². The number of hydrogen-bond acceptors (Lipinski definition) is 3. The van der Waals surface area contributed by atoms with Crippen molar-refractivity contribution in [3.05, 3.63) is 0 Å². The largest absolute Gasteiger partial charge is 0.457 e. The zero-order valence-corrected chi connectivity index (χ0v) is 9.50. The molecule has 0 aromatic heterocycles. The molecule has 1 rings (SSSR count). The van der Waals surface area contributed by atoms with Crippen LogP contribution >= 0.6 is 0 Å². The lowest BCUT2D eigenvalue weighted by Gasteiger charge is -2.32. The number of unbranched alkanes of at least 4 members (excludes halogenated alkanes) is 1. The summed E-state index contributed by atoms with van der Waals surface area (Å²) >= 11 is 0. The fourth-order valence-corrected chi connectivity index (χ4v) is 1.45. The Balaban J connectivity index is 2.43. The van der Waals surface area contributed by atoms with Crippen molar-refractivity contribution in [3.63, 3.8) is 0 Å². The van der Waals surface area contributed by atoms with Gasteiger partial charge in [0.15, 0.2) is 0 Å². The standard InChI is InChI=1S/C10H19BO3/c1-9(2)10(3,4)14-11(13-9)7-5-6-8-12/h8H,5-7H2,1-4H3. The second-order valence-electron chi connectivity index (χ2n) is 4.78. The van der Waals surface area contributed by atoms with Gasteiger partial charge in [0.25, 0.3) is 0 Å². The Bertz CT molecular complexity index is 197. The molecule has 80 valence electrons. The van der Waals surface area contributed by atoms with Gasteiger partial charge in [-0.2, -0.15) is 0 Å². The van der Waals surface area contributed by atoms with E-state index < -0.39 is 0 Å². The first kappa shape index (κ1) is 11.7. The Kier molecular flexibility index (Phi) is 3.38. The average Bonchev–Trinajstić information content (AvgIpc) is 2.21. The minimum atomic E-state index is -0.251. The van der Waals surface area contributed by atoms with E-state index in [9.17, 15) is 4.79 Å². The Morgan fingerprint density at radius 1 is 1.14 bits per heavy atom. The lowest BCUT2D eigenvalue weighted by Crippen LogP contribution is -2.41. The first-order valence-electron chi connectivity index (χ1n) is 5.18. The van der Waals surface area contributed by atoms with Crippen LogP contribution in [-0.4, -0.2) is 24.6 Å². The summed E-state index contributed by atoms with van der Waals surface area (Å²) in [6, 6.07) is 0. The predicted molar refractivity (Wildman–Crippen MR) is 56.2 cm³/mol. The second-order valence-corrected chi connectivity index (χ2v) is 4.78. The van der Waals surface area contributed by atoms with Gasteiger partial charge in [0.1, 0.15) is 6.29 Å². The van der Waals surface area contributed by atoms with Crippen molar-refractivity contribution in [2.24, 2.45) is 0 Å². The summed E-state index contributed by atoms with van der Waals surface area (Å²) in [6.07, 6.45) is 3.15. The molecule has 1 aliphatic heterocycles. The molecule has 0 atom stereocenters. The number of hydrogen-bond donors (Lipinski definition) is 0. The van der Waals surface area contributed by atoms with Crippen molar-refractivity contribution >= 4 is 13.4 Å². The lowest BCUT2D eigenvalue weighted by molar-refractivity contribution is -0.107. The van der Waals surface area contributed by atoms with Crippen LogP contribution in [0.1, 0.15) is 40.5 Å². The summed E-state index contributed by atoms with van der Waals surface area (Å²) in [7, 11) is -0.153. The normalized spacial score (nSPS) is 23.9.